The number of likely N-dealkylation sites (tertiary alicyclic amines) is 1. The van der Waals surface area contributed by atoms with E-state index in [0.717, 1.165) is 31.4 Å². The van der Waals surface area contributed by atoms with Gasteiger partial charge in [0.1, 0.15) is 0 Å². The zero-order valence-electron chi connectivity index (χ0n) is 16.1. The first-order chi connectivity index (χ1) is 12.9. The van der Waals surface area contributed by atoms with E-state index in [0.29, 0.717) is 6.61 Å². The molecule has 1 N–H and O–H groups in total. The molecule has 0 saturated carbocycles. The summed E-state index contributed by atoms with van der Waals surface area (Å²) >= 11 is 1.49. The lowest BCUT2D eigenvalue weighted by molar-refractivity contribution is -0.138. The molecule has 1 rings (SSSR count). The van der Waals surface area contributed by atoms with Crippen LogP contribution in [-0.2, 0) is 32.5 Å². The highest BCUT2D eigenvalue weighted by Crippen LogP contribution is 2.47. The van der Waals surface area contributed by atoms with Gasteiger partial charge >= 0.3 is 7.82 Å². The highest BCUT2D eigenvalue weighted by molar-refractivity contribution is 8.00. The first-order valence-electron chi connectivity index (χ1n) is 8.89. The standard InChI is InChI=1S/C16H29N2O7PS/c1-17-14(19)8-9-18-15(20)12-13(16(18)21)27-11-7-5-4-6-10-25-26(22,23-2)24-3/h13H,4-12H2,1-3H3,(H,17,19). The quantitative estimate of drug-likeness (QED) is 0.256. The molecule has 1 aliphatic rings. The molecule has 11 heteroatoms. The summed E-state index contributed by atoms with van der Waals surface area (Å²) in [6.45, 7) is 0.434. The van der Waals surface area contributed by atoms with E-state index in [9.17, 15) is 18.9 Å². The van der Waals surface area contributed by atoms with Gasteiger partial charge in [-0.05, 0) is 18.6 Å². The van der Waals surface area contributed by atoms with Gasteiger partial charge in [0, 0.05) is 40.7 Å². The Morgan fingerprint density at radius 2 is 1.89 bits per heavy atom. The van der Waals surface area contributed by atoms with Crippen LogP contribution in [0, 0.1) is 0 Å². The number of carbonyl (C=O) groups excluding carboxylic acids is 3. The van der Waals surface area contributed by atoms with Crippen molar-refractivity contribution in [1.29, 1.82) is 0 Å². The number of nitrogens with zero attached hydrogens (tertiary/aromatic N) is 1. The van der Waals surface area contributed by atoms with Crippen molar-refractivity contribution in [2.45, 2.75) is 43.8 Å². The lowest BCUT2D eigenvalue weighted by Gasteiger charge is -2.14. The van der Waals surface area contributed by atoms with Crippen molar-refractivity contribution in [3.8, 4) is 0 Å². The Labute approximate surface area is 164 Å². The number of hydrogen-bond donors (Lipinski definition) is 1. The molecular weight excluding hydrogens is 395 g/mol. The Morgan fingerprint density at radius 3 is 2.52 bits per heavy atom. The predicted molar refractivity (Wildman–Crippen MR) is 102 cm³/mol. The van der Waals surface area contributed by atoms with E-state index in [4.69, 9.17) is 4.52 Å². The molecule has 156 valence electrons. The van der Waals surface area contributed by atoms with Gasteiger partial charge in [0.25, 0.3) is 0 Å². The smallest absolute Gasteiger partial charge is 0.359 e. The predicted octanol–water partition coefficient (Wildman–Crippen LogP) is 1.96. The third-order valence-electron chi connectivity index (χ3n) is 4.10. The van der Waals surface area contributed by atoms with Crippen molar-refractivity contribution in [2.24, 2.45) is 0 Å². The molecule has 1 fully saturated rings. The second-order valence-electron chi connectivity index (χ2n) is 5.93. The molecule has 1 aliphatic heterocycles. The van der Waals surface area contributed by atoms with Crippen LogP contribution in [0.1, 0.15) is 38.5 Å². The molecule has 1 unspecified atom stereocenters. The molecule has 0 aliphatic carbocycles. The number of amides is 3. The number of carbonyl (C=O) groups is 3. The van der Waals surface area contributed by atoms with Gasteiger partial charge in [-0.25, -0.2) is 4.57 Å². The van der Waals surface area contributed by atoms with E-state index in [1.54, 1.807) is 0 Å². The van der Waals surface area contributed by atoms with Crippen LogP contribution in [0.25, 0.3) is 0 Å². The van der Waals surface area contributed by atoms with Crippen molar-refractivity contribution in [1.82, 2.24) is 10.2 Å². The summed E-state index contributed by atoms with van der Waals surface area (Å²) in [6, 6.07) is 0. The highest BCUT2D eigenvalue weighted by Gasteiger charge is 2.38. The summed E-state index contributed by atoms with van der Waals surface area (Å²) in [4.78, 5) is 36.7. The first kappa shape index (κ1) is 24.1. The van der Waals surface area contributed by atoms with Crippen molar-refractivity contribution in [3.05, 3.63) is 0 Å². The van der Waals surface area contributed by atoms with E-state index in [1.807, 2.05) is 0 Å². The molecule has 0 aromatic rings. The van der Waals surface area contributed by atoms with Gasteiger partial charge in [0.2, 0.25) is 17.7 Å². The monoisotopic (exact) mass is 424 g/mol. The van der Waals surface area contributed by atoms with Gasteiger partial charge in [0.15, 0.2) is 0 Å². The third kappa shape index (κ3) is 8.31. The minimum absolute atomic E-state index is 0.131. The molecule has 0 aromatic heterocycles. The van der Waals surface area contributed by atoms with E-state index in [-0.39, 0.29) is 42.4 Å². The fraction of sp³-hybridized carbons (Fsp3) is 0.812. The lowest BCUT2D eigenvalue weighted by Crippen LogP contribution is -2.34. The zero-order valence-corrected chi connectivity index (χ0v) is 17.8. The second-order valence-corrected chi connectivity index (χ2v) is 9.12. The van der Waals surface area contributed by atoms with Crippen LogP contribution in [0.15, 0.2) is 0 Å². The highest BCUT2D eigenvalue weighted by atomic mass is 32.2. The van der Waals surface area contributed by atoms with Gasteiger partial charge < -0.3 is 5.32 Å². The summed E-state index contributed by atoms with van der Waals surface area (Å²) in [5, 5.41) is 2.13. The van der Waals surface area contributed by atoms with Crippen LogP contribution in [0.4, 0.5) is 0 Å². The summed E-state index contributed by atoms with van der Waals surface area (Å²) in [6.07, 6.45) is 3.81. The Hall–Kier alpha value is -0.930. The zero-order chi connectivity index (χ0) is 20.3. The van der Waals surface area contributed by atoms with Crippen molar-refractivity contribution >= 4 is 37.3 Å². The van der Waals surface area contributed by atoms with Crippen LogP contribution < -0.4 is 5.32 Å². The maximum atomic E-state index is 12.3. The summed E-state index contributed by atoms with van der Waals surface area (Å²) < 4.78 is 26.1. The van der Waals surface area contributed by atoms with Gasteiger partial charge in [-0.2, -0.15) is 0 Å². The third-order valence-corrected chi connectivity index (χ3v) is 6.79. The van der Waals surface area contributed by atoms with E-state index in [1.165, 1.54) is 37.9 Å². The maximum Gasteiger partial charge on any atom is 0.474 e. The average Bonchev–Trinajstić information content (AvgIpc) is 2.94. The topological polar surface area (TPSA) is 111 Å². The molecule has 0 bridgehead atoms. The fourth-order valence-electron chi connectivity index (χ4n) is 2.50. The molecule has 0 radical (unpaired) electrons. The fourth-order valence-corrected chi connectivity index (χ4v) is 4.39. The van der Waals surface area contributed by atoms with Crippen LogP contribution in [-0.4, -0.2) is 68.0 Å². The molecule has 3 amide bonds. The number of unbranched alkanes of at least 4 members (excludes halogenated alkanes) is 3. The maximum absolute atomic E-state index is 12.3. The van der Waals surface area contributed by atoms with E-state index in [2.05, 4.69) is 14.4 Å². The Kier molecular flexibility index (Phi) is 11.2. The largest absolute Gasteiger partial charge is 0.474 e. The SMILES string of the molecule is CNC(=O)CCN1C(=O)CC(SCCCCCCOP(=O)(OC)OC)C1=O. The van der Waals surface area contributed by atoms with Crippen molar-refractivity contribution < 1.29 is 32.5 Å². The molecule has 27 heavy (non-hydrogen) atoms. The number of nitrogens with one attached hydrogen (secondary N) is 1. The van der Waals surface area contributed by atoms with Crippen LogP contribution in [0.3, 0.4) is 0 Å². The van der Waals surface area contributed by atoms with Crippen LogP contribution >= 0.6 is 19.6 Å². The summed E-state index contributed by atoms with van der Waals surface area (Å²) in [5.41, 5.74) is 0. The molecule has 0 aromatic carbocycles. The molecule has 1 saturated heterocycles. The van der Waals surface area contributed by atoms with Crippen LogP contribution in [0.2, 0.25) is 0 Å². The molecule has 1 atom stereocenters. The Balaban J connectivity index is 2.15. The second kappa shape index (κ2) is 12.5. The molecule has 9 nitrogen and oxygen atoms in total. The van der Waals surface area contributed by atoms with Gasteiger partial charge in [-0.3, -0.25) is 32.9 Å². The van der Waals surface area contributed by atoms with Gasteiger partial charge in [-0.1, -0.05) is 12.8 Å². The number of thioether (sulfide) groups is 1. The first-order valence-corrected chi connectivity index (χ1v) is 11.4. The van der Waals surface area contributed by atoms with Crippen LogP contribution in [0.5, 0.6) is 0 Å². The molecule has 0 spiro atoms. The van der Waals surface area contributed by atoms with Gasteiger partial charge in [0.05, 0.1) is 11.9 Å². The van der Waals surface area contributed by atoms with E-state index >= 15 is 0 Å². The number of hydrogen-bond acceptors (Lipinski definition) is 8. The minimum atomic E-state index is -3.39. The molecular formula is C16H29N2O7PS. The average molecular weight is 424 g/mol. The van der Waals surface area contributed by atoms with Crippen molar-refractivity contribution in [2.75, 3.05) is 40.2 Å². The summed E-state index contributed by atoms with van der Waals surface area (Å²) in [7, 11) is 0.677. The number of phosphoric acid groups is 1. The Morgan fingerprint density at radius 1 is 1.22 bits per heavy atom. The normalized spacial score (nSPS) is 17.6. The van der Waals surface area contributed by atoms with Gasteiger partial charge in [-0.15, -0.1) is 11.8 Å². The van der Waals surface area contributed by atoms with E-state index < -0.39 is 7.82 Å². The number of imide groups is 1. The lowest BCUT2D eigenvalue weighted by atomic mass is 10.2. The molecule has 1 heterocycles. The number of phosphoric ester groups is 1. The Bertz CT molecular complexity index is 553. The van der Waals surface area contributed by atoms with Crippen molar-refractivity contribution in [3.63, 3.8) is 0 Å². The minimum Gasteiger partial charge on any atom is -0.359 e. The number of rotatable bonds is 14. The summed E-state index contributed by atoms with van der Waals surface area (Å²) in [5.74, 6) is 0.183.